The lowest BCUT2D eigenvalue weighted by Gasteiger charge is -2.22. The molecule has 0 aliphatic heterocycles. The quantitative estimate of drug-likeness (QED) is 0.767. The highest BCUT2D eigenvalue weighted by Gasteiger charge is 2.39. The van der Waals surface area contributed by atoms with Crippen molar-refractivity contribution in [2.75, 3.05) is 13.7 Å². The molecule has 2 saturated carbocycles. The summed E-state index contributed by atoms with van der Waals surface area (Å²) in [5, 5.41) is 3.17. The average Bonchev–Trinajstić information content (AvgIpc) is 3.00. The SMILES string of the molecule is CNCc1cc(Br)c(OCC2CC3CCC2C3)c(Br)c1. The molecule has 0 amide bonds. The van der Waals surface area contributed by atoms with Gasteiger partial charge in [-0.05, 0) is 93.6 Å². The fourth-order valence-electron chi connectivity index (χ4n) is 3.83. The minimum absolute atomic E-state index is 0.768. The first-order valence-corrected chi connectivity index (χ1v) is 9.01. The highest BCUT2D eigenvalue weighted by Crippen LogP contribution is 2.48. The Hall–Kier alpha value is -0.0600. The summed E-state index contributed by atoms with van der Waals surface area (Å²) in [5.74, 6) is 3.62. The molecule has 3 rings (SSSR count). The van der Waals surface area contributed by atoms with Crippen LogP contribution in [-0.4, -0.2) is 13.7 Å². The third kappa shape index (κ3) is 3.07. The third-order valence-corrected chi connectivity index (χ3v) is 5.94. The van der Waals surface area contributed by atoms with E-state index in [-0.39, 0.29) is 0 Å². The molecule has 1 aromatic rings. The van der Waals surface area contributed by atoms with Crippen molar-refractivity contribution in [1.82, 2.24) is 5.32 Å². The van der Waals surface area contributed by atoms with Crippen LogP contribution in [0.25, 0.3) is 0 Å². The van der Waals surface area contributed by atoms with Crippen LogP contribution in [-0.2, 0) is 6.54 Å². The van der Waals surface area contributed by atoms with Crippen molar-refractivity contribution >= 4 is 31.9 Å². The summed E-state index contributed by atoms with van der Waals surface area (Å²) in [4.78, 5) is 0. The molecular weight excluding hydrogens is 382 g/mol. The number of hydrogen-bond donors (Lipinski definition) is 1. The van der Waals surface area contributed by atoms with Gasteiger partial charge in [-0.25, -0.2) is 0 Å². The van der Waals surface area contributed by atoms with E-state index >= 15 is 0 Å². The lowest BCUT2D eigenvalue weighted by atomic mass is 9.89. The van der Waals surface area contributed by atoms with Crippen molar-refractivity contribution < 1.29 is 4.74 Å². The van der Waals surface area contributed by atoms with Gasteiger partial charge in [0.15, 0.2) is 0 Å². The molecule has 2 aliphatic rings. The van der Waals surface area contributed by atoms with Crippen molar-refractivity contribution in [2.45, 2.75) is 32.2 Å². The molecule has 2 aliphatic carbocycles. The standard InChI is InChI=1S/C16H21Br2NO/c1-19-8-11-6-14(17)16(15(18)7-11)20-9-13-5-10-2-3-12(13)4-10/h6-7,10,12-13,19H,2-5,8-9H2,1H3. The van der Waals surface area contributed by atoms with Crippen molar-refractivity contribution in [3.05, 3.63) is 26.6 Å². The molecular formula is C16H21Br2NO. The molecule has 2 bridgehead atoms. The van der Waals surface area contributed by atoms with Crippen molar-refractivity contribution in [3.63, 3.8) is 0 Å². The molecule has 4 heteroatoms. The number of nitrogens with one attached hydrogen (secondary N) is 1. The molecule has 0 radical (unpaired) electrons. The van der Waals surface area contributed by atoms with Gasteiger partial charge >= 0.3 is 0 Å². The second-order valence-electron chi connectivity index (χ2n) is 6.16. The van der Waals surface area contributed by atoms with E-state index in [0.29, 0.717) is 0 Å². The summed E-state index contributed by atoms with van der Waals surface area (Å²) in [7, 11) is 1.96. The number of benzene rings is 1. The molecule has 2 fully saturated rings. The lowest BCUT2D eigenvalue weighted by molar-refractivity contribution is 0.193. The number of ether oxygens (including phenoxy) is 1. The van der Waals surface area contributed by atoms with Crippen LogP contribution in [0.5, 0.6) is 5.75 Å². The maximum Gasteiger partial charge on any atom is 0.147 e. The van der Waals surface area contributed by atoms with Gasteiger partial charge in [-0.2, -0.15) is 0 Å². The topological polar surface area (TPSA) is 21.3 Å². The third-order valence-electron chi connectivity index (χ3n) is 4.77. The zero-order chi connectivity index (χ0) is 14.1. The number of hydrogen-bond acceptors (Lipinski definition) is 2. The first-order chi connectivity index (χ1) is 9.67. The van der Waals surface area contributed by atoms with E-state index in [4.69, 9.17) is 4.74 Å². The molecule has 0 spiro atoms. The van der Waals surface area contributed by atoms with E-state index in [1.165, 1.54) is 31.2 Å². The Morgan fingerprint density at radius 3 is 2.50 bits per heavy atom. The highest BCUT2D eigenvalue weighted by atomic mass is 79.9. The van der Waals surface area contributed by atoms with Crippen LogP contribution in [0.4, 0.5) is 0 Å². The van der Waals surface area contributed by atoms with Crippen LogP contribution in [0.2, 0.25) is 0 Å². The van der Waals surface area contributed by atoms with Crippen LogP contribution < -0.4 is 10.1 Å². The van der Waals surface area contributed by atoms with Crippen molar-refractivity contribution in [2.24, 2.45) is 17.8 Å². The first kappa shape index (κ1) is 14.9. The predicted molar refractivity (Wildman–Crippen MR) is 89.0 cm³/mol. The van der Waals surface area contributed by atoms with Gasteiger partial charge in [0.2, 0.25) is 0 Å². The van der Waals surface area contributed by atoms with Crippen LogP contribution >= 0.6 is 31.9 Å². The fourth-order valence-corrected chi connectivity index (χ4v) is 5.34. The molecule has 20 heavy (non-hydrogen) atoms. The van der Waals surface area contributed by atoms with Crippen LogP contribution in [0, 0.1) is 17.8 Å². The number of rotatable bonds is 5. The minimum Gasteiger partial charge on any atom is -0.491 e. The summed E-state index contributed by atoms with van der Waals surface area (Å²) < 4.78 is 8.21. The Balaban J connectivity index is 1.65. The van der Waals surface area contributed by atoms with E-state index in [1.54, 1.807) is 0 Å². The Kier molecular flexibility index (Phi) is 4.73. The molecule has 2 nitrogen and oxygen atoms in total. The van der Waals surface area contributed by atoms with E-state index in [2.05, 4.69) is 49.3 Å². The predicted octanol–water partition coefficient (Wildman–Crippen LogP) is 4.75. The zero-order valence-corrected chi connectivity index (χ0v) is 15.0. The maximum atomic E-state index is 6.12. The van der Waals surface area contributed by atoms with Gasteiger partial charge in [-0.15, -0.1) is 0 Å². The van der Waals surface area contributed by atoms with Gasteiger partial charge in [-0.1, -0.05) is 6.42 Å². The summed E-state index contributed by atoms with van der Waals surface area (Å²) >= 11 is 7.27. The number of fused-ring (bicyclic) bond motifs is 2. The Morgan fingerprint density at radius 1 is 1.20 bits per heavy atom. The van der Waals surface area contributed by atoms with Gasteiger partial charge in [0.05, 0.1) is 15.6 Å². The molecule has 0 heterocycles. The average molecular weight is 403 g/mol. The first-order valence-electron chi connectivity index (χ1n) is 7.42. The van der Waals surface area contributed by atoms with Gasteiger partial charge < -0.3 is 10.1 Å². The second kappa shape index (κ2) is 6.37. The van der Waals surface area contributed by atoms with Crippen LogP contribution in [0.1, 0.15) is 31.2 Å². The molecule has 0 aromatic heterocycles. The second-order valence-corrected chi connectivity index (χ2v) is 7.87. The Labute approximate surface area is 137 Å². The molecule has 110 valence electrons. The van der Waals surface area contributed by atoms with E-state index in [0.717, 1.165) is 45.6 Å². The minimum atomic E-state index is 0.768. The molecule has 1 aromatic carbocycles. The van der Waals surface area contributed by atoms with Gasteiger partial charge in [0, 0.05) is 6.54 Å². The van der Waals surface area contributed by atoms with Crippen molar-refractivity contribution in [3.8, 4) is 5.75 Å². The Morgan fingerprint density at radius 2 is 1.95 bits per heavy atom. The largest absolute Gasteiger partial charge is 0.491 e. The highest BCUT2D eigenvalue weighted by molar-refractivity contribution is 9.11. The van der Waals surface area contributed by atoms with Gasteiger partial charge in [0.25, 0.3) is 0 Å². The summed E-state index contributed by atoms with van der Waals surface area (Å²) in [6.45, 7) is 1.73. The smallest absolute Gasteiger partial charge is 0.147 e. The maximum absolute atomic E-state index is 6.12. The van der Waals surface area contributed by atoms with E-state index in [1.807, 2.05) is 7.05 Å². The van der Waals surface area contributed by atoms with Gasteiger partial charge in [-0.3, -0.25) is 0 Å². The van der Waals surface area contributed by atoms with E-state index < -0.39 is 0 Å². The van der Waals surface area contributed by atoms with Crippen LogP contribution in [0.15, 0.2) is 21.1 Å². The monoisotopic (exact) mass is 401 g/mol. The summed E-state index contributed by atoms with van der Waals surface area (Å²) in [6, 6.07) is 4.27. The number of halogens is 2. The molecule has 1 N–H and O–H groups in total. The molecule has 3 atom stereocenters. The zero-order valence-electron chi connectivity index (χ0n) is 11.8. The van der Waals surface area contributed by atoms with Gasteiger partial charge in [0.1, 0.15) is 5.75 Å². The van der Waals surface area contributed by atoms with Crippen LogP contribution in [0.3, 0.4) is 0 Å². The van der Waals surface area contributed by atoms with Crippen molar-refractivity contribution in [1.29, 1.82) is 0 Å². The van der Waals surface area contributed by atoms with E-state index in [9.17, 15) is 0 Å². The fraction of sp³-hybridized carbons (Fsp3) is 0.625. The lowest BCUT2D eigenvalue weighted by Crippen LogP contribution is -2.18. The molecule has 0 saturated heterocycles. The summed E-state index contributed by atoms with van der Waals surface area (Å²) in [6.07, 6.45) is 5.69. The molecule has 3 unspecified atom stereocenters. The normalized spacial score (nSPS) is 28.1. The summed E-state index contributed by atoms with van der Waals surface area (Å²) in [5.41, 5.74) is 1.25. The Bertz CT molecular complexity index is 468.